The van der Waals surface area contributed by atoms with Crippen LogP contribution in [0.5, 0.6) is 0 Å². The summed E-state index contributed by atoms with van der Waals surface area (Å²) in [5.74, 6) is 1.49. The number of benzene rings is 1. The molecule has 1 N–H and O–H groups in total. The summed E-state index contributed by atoms with van der Waals surface area (Å²) < 4.78 is 1.58. The van der Waals surface area contributed by atoms with Crippen molar-refractivity contribution in [1.29, 1.82) is 0 Å². The highest BCUT2D eigenvalue weighted by Gasteiger charge is 2.33. The first kappa shape index (κ1) is 16.2. The largest absolute Gasteiger partial charge is 0.355 e. The predicted octanol–water partition coefficient (Wildman–Crippen LogP) is 1.12. The van der Waals surface area contributed by atoms with Gasteiger partial charge < -0.3 is 10.2 Å². The Kier molecular flexibility index (Phi) is 4.30. The van der Waals surface area contributed by atoms with Crippen LogP contribution in [-0.4, -0.2) is 43.7 Å². The number of rotatable bonds is 5. The molecule has 0 aliphatic carbocycles. The van der Waals surface area contributed by atoms with E-state index in [0.717, 1.165) is 11.4 Å². The quantitative estimate of drug-likeness (QED) is 0.742. The van der Waals surface area contributed by atoms with Gasteiger partial charge in [-0.2, -0.15) is 5.10 Å². The van der Waals surface area contributed by atoms with Crippen LogP contribution in [0.1, 0.15) is 11.1 Å². The van der Waals surface area contributed by atoms with Gasteiger partial charge in [0.05, 0.1) is 5.92 Å². The van der Waals surface area contributed by atoms with E-state index in [9.17, 15) is 4.79 Å². The number of anilines is 1. The molecular weight excluding hydrogens is 330 g/mol. The average Bonchev–Trinajstić information content (AvgIpc) is 3.15. The summed E-state index contributed by atoms with van der Waals surface area (Å²) in [5, 5.41) is 7.07. The van der Waals surface area contributed by atoms with Gasteiger partial charge in [-0.1, -0.05) is 29.8 Å². The number of carbonyl (C=O) groups excluding carboxylic acids is 1. The van der Waals surface area contributed by atoms with E-state index in [0.29, 0.717) is 25.5 Å². The van der Waals surface area contributed by atoms with Crippen molar-refractivity contribution in [2.75, 3.05) is 18.0 Å². The number of nitrogens with zero attached hydrogens (tertiary/aromatic N) is 6. The Labute approximate surface area is 150 Å². The fraction of sp³-hybridized carbons (Fsp3) is 0.278. The Hall–Kier alpha value is -3.29. The van der Waals surface area contributed by atoms with Crippen LogP contribution in [0.4, 0.5) is 5.82 Å². The molecule has 1 aromatic carbocycles. The third-order valence-corrected chi connectivity index (χ3v) is 4.46. The maximum atomic E-state index is 12.3. The second-order valence-electron chi connectivity index (χ2n) is 6.38. The van der Waals surface area contributed by atoms with Gasteiger partial charge >= 0.3 is 0 Å². The molecule has 0 unspecified atom stereocenters. The smallest absolute Gasteiger partial charge is 0.226 e. The van der Waals surface area contributed by atoms with Crippen LogP contribution in [0.15, 0.2) is 49.3 Å². The second-order valence-corrected chi connectivity index (χ2v) is 6.38. The highest BCUT2D eigenvalue weighted by Crippen LogP contribution is 2.23. The highest BCUT2D eigenvalue weighted by molar-refractivity contribution is 5.81. The first-order valence-corrected chi connectivity index (χ1v) is 8.44. The van der Waals surface area contributed by atoms with Gasteiger partial charge in [0.2, 0.25) is 5.91 Å². The molecule has 0 bridgehead atoms. The number of hydrogen-bond donors (Lipinski definition) is 1. The number of aromatic nitrogens is 5. The summed E-state index contributed by atoms with van der Waals surface area (Å²) in [6, 6.07) is 10.0. The van der Waals surface area contributed by atoms with E-state index < -0.39 is 0 Å². The van der Waals surface area contributed by atoms with Crippen molar-refractivity contribution < 1.29 is 4.79 Å². The van der Waals surface area contributed by atoms with Gasteiger partial charge in [-0.25, -0.2) is 19.6 Å². The minimum Gasteiger partial charge on any atom is -0.355 e. The molecule has 1 amide bonds. The Morgan fingerprint density at radius 2 is 1.92 bits per heavy atom. The molecule has 0 spiro atoms. The lowest BCUT2D eigenvalue weighted by Crippen LogP contribution is -2.54. The van der Waals surface area contributed by atoms with Crippen LogP contribution in [0, 0.1) is 12.8 Å². The van der Waals surface area contributed by atoms with E-state index >= 15 is 0 Å². The average molecular weight is 349 g/mol. The van der Waals surface area contributed by atoms with Crippen molar-refractivity contribution in [2.24, 2.45) is 5.92 Å². The molecule has 8 heteroatoms. The lowest BCUT2D eigenvalue weighted by atomic mass is 9.99. The summed E-state index contributed by atoms with van der Waals surface area (Å²) >= 11 is 0. The molecular formula is C18H19N7O. The van der Waals surface area contributed by atoms with E-state index in [1.165, 1.54) is 18.2 Å². The standard InChI is InChI=1S/C18H19N7O/c1-13-2-4-14(5-3-13)7-20-18(26)15-8-24(9-15)16-6-17(22-11-21-16)25-12-19-10-23-25/h2-6,10-12,15H,7-9H2,1H3,(H,20,26). The minimum atomic E-state index is -0.0229. The van der Waals surface area contributed by atoms with E-state index in [2.05, 4.69) is 30.3 Å². The molecule has 4 rings (SSSR count). The van der Waals surface area contributed by atoms with Gasteiger partial charge in [0.15, 0.2) is 5.82 Å². The van der Waals surface area contributed by atoms with Gasteiger partial charge in [0.1, 0.15) is 24.8 Å². The topological polar surface area (TPSA) is 88.8 Å². The molecule has 1 aliphatic rings. The normalized spacial score (nSPS) is 14.1. The molecule has 2 aromatic heterocycles. The summed E-state index contributed by atoms with van der Waals surface area (Å²) in [6.45, 7) is 3.90. The van der Waals surface area contributed by atoms with Crippen LogP contribution >= 0.6 is 0 Å². The molecule has 3 aromatic rings. The molecule has 0 saturated carbocycles. The number of aryl methyl sites for hydroxylation is 1. The van der Waals surface area contributed by atoms with Gasteiger partial charge in [-0.05, 0) is 12.5 Å². The maximum absolute atomic E-state index is 12.3. The van der Waals surface area contributed by atoms with Gasteiger partial charge in [0.25, 0.3) is 0 Å². The lowest BCUT2D eigenvalue weighted by molar-refractivity contribution is -0.125. The van der Waals surface area contributed by atoms with Gasteiger partial charge in [-0.15, -0.1) is 0 Å². The molecule has 1 aliphatic heterocycles. The lowest BCUT2D eigenvalue weighted by Gasteiger charge is -2.39. The van der Waals surface area contributed by atoms with E-state index in [4.69, 9.17) is 0 Å². The van der Waals surface area contributed by atoms with E-state index in [1.807, 2.05) is 37.3 Å². The summed E-state index contributed by atoms with van der Waals surface area (Å²) in [7, 11) is 0. The Balaban J connectivity index is 1.31. The van der Waals surface area contributed by atoms with Crippen molar-refractivity contribution in [3.8, 4) is 5.82 Å². The van der Waals surface area contributed by atoms with Crippen LogP contribution in [0.3, 0.4) is 0 Å². The van der Waals surface area contributed by atoms with Crippen LogP contribution in [-0.2, 0) is 11.3 Å². The van der Waals surface area contributed by atoms with E-state index in [-0.39, 0.29) is 11.8 Å². The Morgan fingerprint density at radius 1 is 1.15 bits per heavy atom. The molecule has 0 atom stereocenters. The molecule has 1 fully saturated rings. The Morgan fingerprint density at radius 3 is 2.65 bits per heavy atom. The highest BCUT2D eigenvalue weighted by atomic mass is 16.2. The van der Waals surface area contributed by atoms with Crippen LogP contribution in [0.25, 0.3) is 5.82 Å². The summed E-state index contributed by atoms with van der Waals surface area (Å²) in [5.41, 5.74) is 2.32. The molecule has 132 valence electrons. The third-order valence-electron chi connectivity index (χ3n) is 4.46. The zero-order chi connectivity index (χ0) is 17.9. The maximum Gasteiger partial charge on any atom is 0.226 e. The summed E-state index contributed by atoms with van der Waals surface area (Å²) in [4.78, 5) is 26.8. The first-order chi connectivity index (χ1) is 12.7. The zero-order valence-electron chi connectivity index (χ0n) is 14.4. The van der Waals surface area contributed by atoms with Crippen LogP contribution in [0.2, 0.25) is 0 Å². The third kappa shape index (κ3) is 3.39. The predicted molar refractivity (Wildman–Crippen MR) is 95.7 cm³/mol. The van der Waals surface area contributed by atoms with Crippen molar-refractivity contribution in [3.05, 3.63) is 60.4 Å². The molecule has 3 heterocycles. The number of hydrogen-bond acceptors (Lipinski definition) is 6. The molecule has 8 nitrogen and oxygen atoms in total. The van der Waals surface area contributed by atoms with Gasteiger partial charge in [0, 0.05) is 25.7 Å². The van der Waals surface area contributed by atoms with Crippen molar-refractivity contribution in [3.63, 3.8) is 0 Å². The molecule has 1 saturated heterocycles. The van der Waals surface area contributed by atoms with Crippen molar-refractivity contribution >= 4 is 11.7 Å². The number of carbonyl (C=O) groups is 1. The monoisotopic (exact) mass is 349 g/mol. The minimum absolute atomic E-state index is 0.0229. The van der Waals surface area contributed by atoms with Crippen molar-refractivity contribution in [1.82, 2.24) is 30.0 Å². The first-order valence-electron chi connectivity index (χ1n) is 8.44. The SMILES string of the molecule is Cc1ccc(CNC(=O)C2CN(c3cc(-n4cncn4)ncn3)C2)cc1. The van der Waals surface area contributed by atoms with Gasteiger partial charge in [-0.3, -0.25) is 4.79 Å². The van der Waals surface area contributed by atoms with E-state index in [1.54, 1.807) is 11.0 Å². The second kappa shape index (κ2) is 6.91. The molecule has 26 heavy (non-hydrogen) atoms. The number of amides is 1. The number of nitrogens with one attached hydrogen (secondary N) is 1. The summed E-state index contributed by atoms with van der Waals surface area (Å²) in [6.07, 6.45) is 4.54. The zero-order valence-corrected chi connectivity index (χ0v) is 14.4. The fourth-order valence-electron chi connectivity index (χ4n) is 2.83. The van der Waals surface area contributed by atoms with Crippen molar-refractivity contribution in [2.45, 2.75) is 13.5 Å². The molecule has 0 radical (unpaired) electrons. The Bertz CT molecular complexity index is 886. The fourth-order valence-corrected chi connectivity index (χ4v) is 2.83. The van der Waals surface area contributed by atoms with Crippen LogP contribution < -0.4 is 10.2 Å².